The zero-order valence-corrected chi connectivity index (χ0v) is 15.5. The van der Waals surface area contributed by atoms with Gasteiger partial charge >= 0.3 is 0 Å². The van der Waals surface area contributed by atoms with Gasteiger partial charge in [-0.25, -0.2) is 8.42 Å². The van der Waals surface area contributed by atoms with Crippen molar-refractivity contribution in [1.82, 2.24) is 5.32 Å². The summed E-state index contributed by atoms with van der Waals surface area (Å²) in [5, 5.41) is 0.977. The van der Waals surface area contributed by atoms with Gasteiger partial charge in [-0.2, -0.15) is 8.42 Å². The van der Waals surface area contributed by atoms with Crippen LogP contribution in [0.25, 0.3) is 0 Å². The van der Waals surface area contributed by atoms with Crippen LogP contribution in [0.3, 0.4) is 0 Å². The summed E-state index contributed by atoms with van der Waals surface area (Å²) in [4.78, 5) is 12.2. The van der Waals surface area contributed by atoms with Crippen molar-refractivity contribution < 1.29 is 35.4 Å². The van der Waals surface area contributed by atoms with Crippen LogP contribution in [0.2, 0.25) is 0 Å². The van der Waals surface area contributed by atoms with E-state index >= 15 is 0 Å². The molecule has 0 bridgehead atoms. The molecule has 0 aliphatic carbocycles. The van der Waals surface area contributed by atoms with Crippen LogP contribution in [0.5, 0.6) is 0 Å². The van der Waals surface area contributed by atoms with E-state index in [9.17, 15) is 26.2 Å². The molecule has 0 saturated carbocycles. The quantitative estimate of drug-likeness (QED) is 0.432. The van der Waals surface area contributed by atoms with Crippen molar-refractivity contribution >= 4 is 25.9 Å². The number of sulfone groups is 1. The van der Waals surface area contributed by atoms with Crippen LogP contribution in [0.1, 0.15) is 13.3 Å². The fourth-order valence-corrected chi connectivity index (χ4v) is 7.66. The molecule has 0 aromatic heterocycles. The number of quaternary nitrogens is 1. The fraction of sp³-hybridized carbons (Fsp3) is 0.923. The van der Waals surface area contributed by atoms with Crippen molar-refractivity contribution in [3.63, 3.8) is 0 Å². The van der Waals surface area contributed by atoms with Gasteiger partial charge in [0.15, 0.2) is 9.84 Å². The lowest BCUT2D eigenvalue weighted by atomic mass is 10.0. The summed E-state index contributed by atoms with van der Waals surface area (Å²) in [5.74, 6) is -1.61. The molecule has 2 saturated heterocycles. The predicted octanol–water partition coefficient (Wildman–Crippen LogP) is -1.59. The van der Waals surface area contributed by atoms with Crippen LogP contribution < -0.4 is 5.32 Å². The highest BCUT2D eigenvalue weighted by Crippen LogP contribution is 2.29. The first-order chi connectivity index (χ1) is 10.9. The Hall–Kier alpha value is -0.750. The average molecular weight is 385 g/mol. The first kappa shape index (κ1) is 19.6. The number of carbonyl (C=O) groups is 1. The lowest BCUT2D eigenvalue weighted by Gasteiger charge is -2.37. The molecule has 0 spiro atoms. The van der Waals surface area contributed by atoms with E-state index < -0.39 is 48.2 Å². The number of hydrogen-bond donors (Lipinski definition) is 2. The number of carbonyl (C=O) groups excluding carboxylic acids is 1. The van der Waals surface area contributed by atoms with Gasteiger partial charge in [-0.15, -0.1) is 0 Å². The Labute approximate surface area is 142 Å². The van der Waals surface area contributed by atoms with Crippen molar-refractivity contribution in [3.8, 4) is 0 Å². The molecule has 11 heteroatoms. The Morgan fingerprint density at radius 3 is 2.50 bits per heavy atom. The van der Waals surface area contributed by atoms with Crippen LogP contribution in [0.4, 0.5) is 0 Å². The third-order valence-corrected chi connectivity index (χ3v) is 8.35. The number of ether oxygens (including phenoxy) is 1. The van der Waals surface area contributed by atoms with Crippen LogP contribution >= 0.6 is 0 Å². The summed E-state index contributed by atoms with van der Waals surface area (Å²) in [6.07, 6.45) is 0.143. The molecule has 0 radical (unpaired) electrons. The van der Waals surface area contributed by atoms with Gasteiger partial charge in [-0.3, -0.25) is 9.35 Å². The number of likely N-dealkylation sites (N-methyl/N-ethyl adjacent to an activating group) is 1. The molecule has 0 aromatic rings. The topological polar surface area (TPSA) is 127 Å². The summed E-state index contributed by atoms with van der Waals surface area (Å²) in [5.41, 5.74) is -1.52. The first-order valence-electron chi connectivity index (χ1n) is 7.74. The zero-order chi connectivity index (χ0) is 18.2. The largest absolute Gasteiger partial charge is 0.370 e. The summed E-state index contributed by atoms with van der Waals surface area (Å²) < 4.78 is 61.9. The SMILES string of the molecule is C[C@@]1(NC(=O)CC[N+]2(C)CCOCC2)CS(=O)(=O)C[C@@H]1S(=O)(=O)O. The molecule has 2 atom stereocenters. The highest BCUT2D eigenvalue weighted by atomic mass is 32.2. The third-order valence-electron chi connectivity index (χ3n) is 4.85. The molecular formula is C13H25N2O7S2+. The summed E-state index contributed by atoms with van der Waals surface area (Å²) in [6.45, 7) is 4.71. The van der Waals surface area contributed by atoms with Gasteiger partial charge in [0, 0.05) is 0 Å². The second-order valence-electron chi connectivity index (χ2n) is 7.18. The molecule has 24 heavy (non-hydrogen) atoms. The molecule has 2 aliphatic rings. The Kier molecular flexibility index (Phi) is 5.32. The summed E-state index contributed by atoms with van der Waals surface area (Å²) in [7, 11) is -6.23. The molecule has 2 N–H and O–H groups in total. The van der Waals surface area contributed by atoms with Gasteiger partial charge in [-0.1, -0.05) is 0 Å². The van der Waals surface area contributed by atoms with Gasteiger partial charge in [0.05, 0.1) is 50.3 Å². The molecule has 2 aliphatic heterocycles. The third kappa shape index (κ3) is 4.66. The Bertz CT molecular complexity index is 698. The minimum atomic E-state index is -4.59. The van der Waals surface area contributed by atoms with Crippen molar-refractivity contribution in [2.75, 3.05) is 51.4 Å². The van der Waals surface area contributed by atoms with E-state index in [1.54, 1.807) is 0 Å². The summed E-state index contributed by atoms with van der Waals surface area (Å²) in [6, 6.07) is 0. The molecule has 0 unspecified atom stereocenters. The lowest BCUT2D eigenvalue weighted by molar-refractivity contribution is -0.916. The molecule has 0 aromatic carbocycles. The van der Waals surface area contributed by atoms with Crippen molar-refractivity contribution in [3.05, 3.63) is 0 Å². The van der Waals surface area contributed by atoms with Gasteiger partial charge < -0.3 is 14.5 Å². The van der Waals surface area contributed by atoms with E-state index in [1.165, 1.54) is 6.92 Å². The molecule has 2 heterocycles. The van der Waals surface area contributed by atoms with Crippen LogP contribution in [-0.4, -0.2) is 94.0 Å². The number of hydrogen-bond acceptors (Lipinski definition) is 6. The van der Waals surface area contributed by atoms with Gasteiger partial charge in [-0.05, 0) is 6.92 Å². The van der Waals surface area contributed by atoms with Crippen LogP contribution in [-0.2, 0) is 29.5 Å². The molecule has 2 fully saturated rings. The zero-order valence-electron chi connectivity index (χ0n) is 13.9. The van der Waals surface area contributed by atoms with E-state index in [1.807, 2.05) is 7.05 Å². The fourth-order valence-electron chi connectivity index (χ4n) is 3.31. The van der Waals surface area contributed by atoms with E-state index in [4.69, 9.17) is 4.74 Å². The Morgan fingerprint density at radius 2 is 1.96 bits per heavy atom. The van der Waals surface area contributed by atoms with Gasteiger partial charge in [0.1, 0.15) is 18.3 Å². The number of amides is 1. The average Bonchev–Trinajstić information content (AvgIpc) is 2.67. The minimum absolute atomic E-state index is 0.143. The van der Waals surface area contributed by atoms with E-state index in [2.05, 4.69) is 5.32 Å². The smallest absolute Gasteiger partial charge is 0.271 e. The normalized spacial score (nSPS) is 32.4. The number of nitrogens with one attached hydrogen (secondary N) is 1. The molecule has 9 nitrogen and oxygen atoms in total. The standard InChI is InChI=1S/C13H24N2O7S2/c1-13(10-23(17,18)9-11(13)24(19,20)21)14-12(16)3-4-15(2)5-7-22-8-6-15/h11H,3-10H2,1-2H3,(H-,14,16,19,20,21)/p+1/t11-,13+/m0/s1. The minimum Gasteiger partial charge on any atom is -0.370 e. The van der Waals surface area contributed by atoms with Gasteiger partial charge in [0.25, 0.3) is 10.1 Å². The van der Waals surface area contributed by atoms with Crippen molar-refractivity contribution in [2.45, 2.75) is 24.1 Å². The van der Waals surface area contributed by atoms with E-state index in [-0.39, 0.29) is 6.42 Å². The lowest BCUT2D eigenvalue weighted by Crippen LogP contribution is -2.58. The molecule has 140 valence electrons. The maximum absolute atomic E-state index is 12.2. The number of morpholine rings is 1. The highest BCUT2D eigenvalue weighted by molar-refractivity contribution is 7.94. The van der Waals surface area contributed by atoms with Crippen LogP contribution in [0, 0.1) is 0 Å². The number of rotatable bonds is 5. The highest BCUT2D eigenvalue weighted by Gasteiger charge is 2.54. The maximum atomic E-state index is 12.2. The van der Waals surface area contributed by atoms with Gasteiger partial charge in [0.2, 0.25) is 5.91 Å². The van der Waals surface area contributed by atoms with E-state index in [0.717, 1.165) is 13.1 Å². The Morgan fingerprint density at radius 1 is 1.38 bits per heavy atom. The maximum Gasteiger partial charge on any atom is 0.271 e. The first-order valence-corrected chi connectivity index (χ1v) is 11.1. The number of nitrogens with zero attached hydrogens (tertiary/aromatic N) is 1. The van der Waals surface area contributed by atoms with Crippen molar-refractivity contribution in [2.24, 2.45) is 0 Å². The molecule has 2 rings (SSSR count). The van der Waals surface area contributed by atoms with Crippen LogP contribution in [0.15, 0.2) is 0 Å². The molecule has 1 amide bonds. The predicted molar refractivity (Wildman–Crippen MR) is 86.8 cm³/mol. The monoisotopic (exact) mass is 385 g/mol. The second kappa shape index (κ2) is 6.52. The van der Waals surface area contributed by atoms with E-state index in [0.29, 0.717) is 24.2 Å². The van der Waals surface area contributed by atoms with Crippen molar-refractivity contribution in [1.29, 1.82) is 0 Å². The second-order valence-corrected chi connectivity index (χ2v) is 10.9. The molecular weight excluding hydrogens is 360 g/mol. The Balaban J connectivity index is 2.03. The summed E-state index contributed by atoms with van der Waals surface area (Å²) >= 11 is 0.